The van der Waals surface area contributed by atoms with E-state index in [-0.39, 0.29) is 10.9 Å². The van der Waals surface area contributed by atoms with Crippen LogP contribution in [0, 0.1) is 0 Å². The van der Waals surface area contributed by atoms with Crippen LogP contribution < -0.4 is 0 Å². The molecule has 0 bridgehead atoms. The van der Waals surface area contributed by atoms with E-state index in [0.717, 1.165) is 0 Å². The Kier molecular flexibility index (Phi) is 7.91. The highest BCUT2D eigenvalue weighted by Crippen LogP contribution is 2.31. The second kappa shape index (κ2) is 8.91. The highest BCUT2D eigenvalue weighted by atomic mass is 35.5. The number of halogens is 1. The highest BCUT2D eigenvalue weighted by molar-refractivity contribution is 6.63. The van der Waals surface area contributed by atoms with Gasteiger partial charge in [-0.2, -0.15) is 0 Å². The zero-order valence-corrected chi connectivity index (χ0v) is 15.4. The summed E-state index contributed by atoms with van der Waals surface area (Å²) in [5.41, 5.74) is 2.96. The summed E-state index contributed by atoms with van der Waals surface area (Å²) in [6.07, 6.45) is 0. The number of hydrogen-bond donors (Lipinski definition) is 0. The third kappa shape index (κ3) is 4.79. The molecule has 2 atom stereocenters. The maximum absolute atomic E-state index is 6.11. The van der Waals surface area contributed by atoms with Gasteiger partial charge in [-0.05, 0) is 38.8 Å². The molecule has 0 fully saturated rings. The molecule has 0 saturated carbocycles. The van der Waals surface area contributed by atoms with Gasteiger partial charge in [0.05, 0.1) is 0 Å². The monoisotopic (exact) mass is 330 g/mol. The molecule has 2 aliphatic rings. The number of fused-ring (bicyclic) bond motifs is 1. The quantitative estimate of drug-likeness (QED) is 0.518. The number of hydrogen-bond acceptors (Lipinski definition) is 3. The number of rotatable bonds is 8. The van der Waals surface area contributed by atoms with Gasteiger partial charge in [0.25, 0.3) is 0 Å². The Hall–Kier alpha value is -0.393. The minimum absolute atomic E-state index is 0.0127. The van der Waals surface area contributed by atoms with Gasteiger partial charge in [0.2, 0.25) is 0 Å². The van der Waals surface area contributed by atoms with Crippen molar-refractivity contribution >= 4 is 20.4 Å². The van der Waals surface area contributed by atoms with Crippen LogP contribution in [-0.2, 0) is 13.3 Å². The summed E-state index contributed by atoms with van der Waals surface area (Å²) in [7, 11) is -2.59. The average Bonchev–Trinajstić information content (AvgIpc) is 2.43. The van der Waals surface area contributed by atoms with Crippen molar-refractivity contribution in [2.45, 2.75) is 45.5 Å². The smallest absolute Gasteiger partial charge is 0.374 e. The van der Waals surface area contributed by atoms with Crippen LogP contribution in [0.1, 0.15) is 34.6 Å². The lowest BCUT2D eigenvalue weighted by molar-refractivity contribution is 0.0624. The zero-order valence-electron chi connectivity index (χ0n) is 13.7. The summed E-state index contributed by atoms with van der Waals surface area (Å²) in [4.78, 5) is 0. The van der Waals surface area contributed by atoms with Crippen molar-refractivity contribution in [3.63, 3.8) is 0 Å². The Bertz CT molecular complexity index is 370. The first-order valence-electron chi connectivity index (χ1n) is 7.67. The normalized spacial score (nSPS) is 15.0. The first-order chi connectivity index (χ1) is 10.0. The van der Waals surface area contributed by atoms with E-state index in [0.29, 0.717) is 19.8 Å². The van der Waals surface area contributed by atoms with E-state index in [4.69, 9.17) is 24.9 Å². The fraction of sp³-hybridized carbons (Fsp3) is 0.625. The fourth-order valence-corrected chi connectivity index (χ4v) is 5.34. The minimum Gasteiger partial charge on any atom is -0.374 e. The lowest BCUT2D eigenvalue weighted by Gasteiger charge is -2.34. The third-order valence-corrected chi connectivity index (χ3v) is 7.78. The van der Waals surface area contributed by atoms with E-state index in [9.17, 15) is 0 Å². The van der Waals surface area contributed by atoms with Crippen LogP contribution in [0.5, 0.6) is 0 Å². The fourth-order valence-electron chi connectivity index (χ4n) is 2.07. The summed E-state index contributed by atoms with van der Waals surface area (Å²) in [6.45, 7) is 11.6. The zero-order chi connectivity index (χ0) is 15.9. The van der Waals surface area contributed by atoms with Gasteiger partial charge in [0, 0.05) is 30.7 Å². The van der Waals surface area contributed by atoms with Gasteiger partial charge < -0.3 is 13.3 Å². The molecular weight excluding hydrogens is 304 g/mol. The van der Waals surface area contributed by atoms with Gasteiger partial charge >= 0.3 is 8.80 Å². The predicted molar refractivity (Wildman–Crippen MR) is 90.8 cm³/mol. The van der Waals surface area contributed by atoms with E-state index >= 15 is 0 Å². The van der Waals surface area contributed by atoms with Crippen molar-refractivity contribution < 1.29 is 13.3 Å². The van der Waals surface area contributed by atoms with Crippen molar-refractivity contribution in [1.82, 2.24) is 0 Å². The molecule has 2 unspecified atom stereocenters. The summed E-state index contributed by atoms with van der Waals surface area (Å²) in [5.74, 6) is 0. The van der Waals surface area contributed by atoms with Gasteiger partial charge in [0.1, 0.15) is 0 Å². The van der Waals surface area contributed by atoms with E-state index < -0.39 is 8.80 Å². The van der Waals surface area contributed by atoms with Crippen molar-refractivity contribution in [2.75, 3.05) is 19.8 Å². The molecule has 120 valence electrons. The van der Waals surface area contributed by atoms with Crippen molar-refractivity contribution in [1.29, 1.82) is 0 Å². The summed E-state index contributed by atoms with van der Waals surface area (Å²) >= 11 is 6.11. The maximum Gasteiger partial charge on any atom is 0.505 e. The molecule has 0 aromatic heterocycles. The summed E-state index contributed by atoms with van der Waals surface area (Å²) in [5, 5.41) is -0.0127. The molecule has 0 heterocycles. The van der Waals surface area contributed by atoms with Crippen molar-refractivity contribution in [3.05, 3.63) is 24.3 Å². The molecule has 21 heavy (non-hydrogen) atoms. The topological polar surface area (TPSA) is 27.7 Å². The van der Waals surface area contributed by atoms with Crippen LogP contribution in [-0.4, -0.2) is 34.0 Å². The molecule has 0 aromatic carbocycles. The third-order valence-electron chi connectivity index (χ3n) is 3.50. The predicted octanol–water partition coefficient (Wildman–Crippen LogP) is 4.72. The van der Waals surface area contributed by atoms with Crippen molar-refractivity contribution in [3.8, 4) is 11.1 Å². The molecule has 2 rings (SSSR count). The molecule has 2 aliphatic carbocycles. The van der Waals surface area contributed by atoms with E-state index in [1.807, 2.05) is 34.6 Å². The number of alkyl halides is 1. The molecule has 3 nitrogen and oxygen atoms in total. The van der Waals surface area contributed by atoms with Crippen LogP contribution in [0.4, 0.5) is 0 Å². The highest BCUT2D eigenvalue weighted by Gasteiger charge is 2.48. The molecule has 0 amide bonds. The van der Waals surface area contributed by atoms with Gasteiger partial charge in [-0.1, -0.05) is 31.2 Å². The first kappa shape index (κ1) is 18.7. The van der Waals surface area contributed by atoms with Crippen LogP contribution in [0.2, 0.25) is 5.54 Å². The summed E-state index contributed by atoms with van der Waals surface area (Å²) in [6, 6.07) is 8.48. The molecule has 0 aromatic rings. The Morgan fingerprint density at radius 1 is 0.857 bits per heavy atom. The molecule has 0 spiro atoms. The van der Waals surface area contributed by atoms with E-state index in [1.54, 1.807) is 0 Å². The lowest BCUT2D eigenvalue weighted by Crippen LogP contribution is -2.51. The molecule has 0 aliphatic heterocycles. The second-order valence-electron chi connectivity index (χ2n) is 4.95. The SMILES string of the molecule is CCO[Si](OCC)(OCC)C(C)C(C)Cl.c1cc2ccc1-2. The average molecular weight is 331 g/mol. The van der Waals surface area contributed by atoms with E-state index in [2.05, 4.69) is 24.3 Å². The summed E-state index contributed by atoms with van der Waals surface area (Å²) < 4.78 is 17.2. The van der Waals surface area contributed by atoms with Crippen LogP contribution in [0.25, 0.3) is 11.1 Å². The largest absolute Gasteiger partial charge is 0.505 e. The Morgan fingerprint density at radius 3 is 1.33 bits per heavy atom. The lowest BCUT2D eigenvalue weighted by atomic mass is 9.95. The molecular formula is C16H27ClO3Si. The van der Waals surface area contributed by atoms with Gasteiger partial charge in [-0.25, -0.2) is 0 Å². The Balaban J connectivity index is 0.000000294. The Labute approximate surface area is 134 Å². The first-order valence-corrected chi connectivity index (χ1v) is 9.90. The maximum atomic E-state index is 6.11. The van der Waals surface area contributed by atoms with Crippen LogP contribution in [0.15, 0.2) is 24.3 Å². The van der Waals surface area contributed by atoms with Crippen LogP contribution in [0.3, 0.4) is 0 Å². The second-order valence-corrected chi connectivity index (χ2v) is 8.62. The molecule has 0 radical (unpaired) electrons. The number of benzene rings is 1. The van der Waals surface area contributed by atoms with Crippen LogP contribution >= 0.6 is 11.6 Å². The molecule has 0 N–H and O–H groups in total. The van der Waals surface area contributed by atoms with Gasteiger partial charge in [-0.3, -0.25) is 0 Å². The van der Waals surface area contributed by atoms with Crippen molar-refractivity contribution in [2.24, 2.45) is 0 Å². The molecule has 0 saturated heterocycles. The van der Waals surface area contributed by atoms with Gasteiger partial charge in [0.15, 0.2) is 0 Å². The Morgan fingerprint density at radius 2 is 1.19 bits per heavy atom. The van der Waals surface area contributed by atoms with Gasteiger partial charge in [-0.15, -0.1) is 11.6 Å². The minimum atomic E-state index is -2.59. The van der Waals surface area contributed by atoms with E-state index in [1.165, 1.54) is 11.1 Å². The standard InChI is InChI=1S/C10H23ClO3Si.C6H4/c1-6-12-15(13-7-2,14-8-3)10(5)9(4)11;1-2-6-4-3-5(1)6/h9-10H,6-8H2,1-5H3;1-4H. The molecule has 5 heteroatoms.